The van der Waals surface area contributed by atoms with Gasteiger partial charge in [-0.2, -0.15) is 0 Å². The monoisotopic (exact) mass is 334 g/mol. The highest BCUT2D eigenvalue weighted by Gasteiger charge is 2.20. The van der Waals surface area contributed by atoms with Crippen LogP contribution in [0.15, 0.2) is 41.5 Å². The fourth-order valence-electron chi connectivity index (χ4n) is 2.43. The van der Waals surface area contributed by atoms with Crippen molar-refractivity contribution in [2.24, 2.45) is 0 Å². The van der Waals surface area contributed by atoms with Crippen LogP contribution < -0.4 is 5.69 Å². The highest BCUT2D eigenvalue weighted by molar-refractivity contribution is 7.78. The Balaban J connectivity index is 2.20. The van der Waals surface area contributed by atoms with Crippen molar-refractivity contribution in [3.8, 4) is 0 Å². The summed E-state index contributed by atoms with van der Waals surface area (Å²) in [5.41, 5.74) is 2.73. The zero-order valence-corrected chi connectivity index (χ0v) is 13.6. The lowest BCUT2D eigenvalue weighted by Crippen LogP contribution is -2.21. The maximum Gasteiger partial charge on any atom is 0.340 e. The number of halogens is 1. The lowest BCUT2D eigenvalue weighted by atomic mass is 10.1. The van der Waals surface area contributed by atoms with E-state index in [9.17, 15) is 4.79 Å². The number of alkyl halides is 1. The van der Waals surface area contributed by atoms with Crippen molar-refractivity contribution in [2.75, 3.05) is 5.88 Å². The molecule has 1 aromatic carbocycles. The Hall–Kier alpha value is -1.79. The second kappa shape index (κ2) is 6.14. The van der Waals surface area contributed by atoms with E-state index in [1.165, 1.54) is 10.3 Å². The molecule has 0 aliphatic heterocycles. The molecule has 0 radical (unpaired) electrons. The largest absolute Gasteiger partial charge is 0.340 e. The number of imidazole rings is 1. The maximum atomic E-state index is 12.5. The number of rotatable bonds is 4. The van der Waals surface area contributed by atoms with E-state index >= 15 is 0 Å². The predicted molar refractivity (Wildman–Crippen MR) is 90.9 cm³/mol. The van der Waals surface area contributed by atoms with Crippen molar-refractivity contribution >= 4 is 35.6 Å². The molecule has 0 spiro atoms. The van der Waals surface area contributed by atoms with E-state index in [1.54, 1.807) is 4.57 Å². The number of thiol groups is 1. The molecule has 5 nitrogen and oxygen atoms in total. The van der Waals surface area contributed by atoms with Gasteiger partial charge >= 0.3 is 5.69 Å². The van der Waals surface area contributed by atoms with Crippen LogP contribution in [0.25, 0.3) is 11.2 Å². The van der Waals surface area contributed by atoms with Crippen LogP contribution in [0.2, 0.25) is 0 Å². The summed E-state index contributed by atoms with van der Waals surface area (Å²) in [6.45, 7) is 2.40. The molecule has 0 saturated carbocycles. The van der Waals surface area contributed by atoms with Crippen LogP contribution in [0.5, 0.6) is 0 Å². The average molecular weight is 335 g/mol. The molecule has 3 rings (SSSR count). The Kier molecular flexibility index (Phi) is 4.22. The molecule has 0 bridgehead atoms. The first kappa shape index (κ1) is 15.1. The fraction of sp³-hybridized carbons (Fsp3) is 0.267. The van der Waals surface area contributed by atoms with Crippen LogP contribution in [0.4, 0.5) is 0 Å². The normalized spacial score (nSPS) is 12.7. The molecule has 0 amide bonds. The molecule has 0 N–H and O–H groups in total. The number of hydrogen-bond acceptors (Lipinski definition) is 4. The van der Waals surface area contributed by atoms with Gasteiger partial charge in [0.2, 0.25) is 0 Å². The first-order valence-electron chi connectivity index (χ1n) is 6.88. The molecular formula is C15H15ClN4OS. The standard InChI is InChI=1S/C15H15ClN4OS/c1-10(7-16)12-13-14(18-9-17-12)19(15(21)20(13)22)8-11-5-3-2-4-6-11/h2-6,9-10,22H,7-8H2,1H3. The van der Waals surface area contributed by atoms with Crippen LogP contribution in [0.1, 0.15) is 24.1 Å². The van der Waals surface area contributed by atoms with Gasteiger partial charge in [0.25, 0.3) is 0 Å². The van der Waals surface area contributed by atoms with Gasteiger partial charge in [0, 0.05) is 11.8 Å². The summed E-state index contributed by atoms with van der Waals surface area (Å²) in [4.78, 5) is 21.1. The molecule has 2 heterocycles. The number of aromatic nitrogens is 4. The number of hydrogen-bond donors (Lipinski definition) is 1. The molecule has 114 valence electrons. The molecular weight excluding hydrogens is 320 g/mol. The van der Waals surface area contributed by atoms with E-state index in [4.69, 9.17) is 11.6 Å². The predicted octanol–water partition coefficient (Wildman–Crippen LogP) is 2.68. The van der Waals surface area contributed by atoms with Gasteiger partial charge in [0.1, 0.15) is 11.8 Å². The van der Waals surface area contributed by atoms with Gasteiger partial charge in [0.05, 0.1) is 12.2 Å². The second-order valence-electron chi connectivity index (χ2n) is 5.15. The molecule has 0 fully saturated rings. The lowest BCUT2D eigenvalue weighted by molar-refractivity contribution is 0.771. The summed E-state index contributed by atoms with van der Waals surface area (Å²) in [5.74, 6) is 0.426. The molecule has 0 aliphatic rings. The third-order valence-electron chi connectivity index (χ3n) is 3.59. The molecule has 1 unspecified atom stereocenters. The fourth-order valence-corrected chi connectivity index (χ4v) is 2.87. The zero-order chi connectivity index (χ0) is 15.7. The average Bonchev–Trinajstić information content (AvgIpc) is 2.80. The number of nitrogens with zero attached hydrogens (tertiary/aromatic N) is 4. The van der Waals surface area contributed by atoms with Crippen LogP contribution in [0, 0.1) is 0 Å². The van der Waals surface area contributed by atoms with Gasteiger partial charge in [-0.3, -0.25) is 4.57 Å². The quantitative estimate of drug-likeness (QED) is 0.589. The summed E-state index contributed by atoms with van der Waals surface area (Å²) in [7, 11) is 0. The van der Waals surface area contributed by atoms with E-state index < -0.39 is 0 Å². The minimum atomic E-state index is -0.231. The molecule has 0 aliphatic carbocycles. The topological polar surface area (TPSA) is 52.7 Å². The summed E-state index contributed by atoms with van der Waals surface area (Å²) in [6, 6.07) is 9.76. The van der Waals surface area contributed by atoms with E-state index in [-0.39, 0.29) is 11.6 Å². The molecule has 3 aromatic rings. The Labute approximate surface area is 138 Å². The maximum absolute atomic E-state index is 12.5. The van der Waals surface area contributed by atoms with Crippen molar-refractivity contribution in [2.45, 2.75) is 19.4 Å². The van der Waals surface area contributed by atoms with Crippen molar-refractivity contribution < 1.29 is 0 Å². The Morgan fingerprint density at radius 3 is 2.68 bits per heavy atom. The highest BCUT2D eigenvalue weighted by Crippen LogP contribution is 2.23. The Morgan fingerprint density at radius 1 is 1.27 bits per heavy atom. The van der Waals surface area contributed by atoms with Gasteiger partial charge in [-0.25, -0.2) is 18.7 Å². The SMILES string of the molecule is CC(CCl)c1ncnc2c1n(S)c(=O)n2Cc1ccccc1. The van der Waals surface area contributed by atoms with Crippen molar-refractivity contribution in [3.63, 3.8) is 0 Å². The molecule has 22 heavy (non-hydrogen) atoms. The number of fused-ring (bicyclic) bond motifs is 1. The Bertz CT molecular complexity index is 859. The lowest BCUT2D eigenvalue weighted by Gasteiger charge is -2.08. The molecule has 2 aromatic heterocycles. The van der Waals surface area contributed by atoms with Crippen LogP contribution in [0.3, 0.4) is 0 Å². The summed E-state index contributed by atoms with van der Waals surface area (Å²) in [5, 5.41) is 0. The van der Waals surface area contributed by atoms with Gasteiger partial charge < -0.3 is 0 Å². The van der Waals surface area contributed by atoms with Crippen molar-refractivity contribution in [1.29, 1.82) is 0 Å². The van der Waals surface area contributed by atoms with E-state index in [2.05, 4.69) is 22.8 Å². The summed E-state index contributed by atoms with van der Waals surface area (Å²) in [6.07, 6.45) is 1.47. The molecule has 0 saturated heterocycles. The van der Waals surface area contributed by atoms with Gasteiger partial charge in [0.15, 0.2) is 5.65 Å². The van der Waals surface area contributed by atoms with Crippen molar-refractivity contribution in [1.82, 2.24) is 18.5 Å². The smallest absolute Gasteiger partial charge is 0.271 e. The van der Waals surface area contributed by atoms with Gasteiger partial charge in [-0.15, -0.1) is 11.6 Å². The van der Waals surface area contributed by atoms with Crippen LogP contribution in [-0.2, 0) is 6.54 Å². The second-order valence-corrected chi connectivity index (χ2v) is 5.86. The van der Waals surface area contributed by atoms with Crippen molar-refractivity contribution in [3.05, 3.63) is 58.4 Å². The van der Waals surface area contributed by atoms with Crippen LogP contribution in [-0.4, -0.2) is 24.4 Å². The van der Waals surface area contributed by atoms with Gasteiger partial charge in [-0.1, -0.05) is 50.1 Å². The van der Waals surface area contributed by atoms with E-state index in [0.29, 0.717) is 23.6 Å². The first-order chi connectivity index (χ1) is 10.6. The highest BCUT2D eigenvalue weighted by atomic mass is 35.5. The first-order valence-corrected chi connectivity index (χ1v) is 7.82. The molecule has 7 heteroatoms. The Morgan fingerprint density at radius 2 is 2.00 bits per heavy atom. The third-order valence-corrected chi connectivity index (χ3v) is 4.43. The van der Waals surface area contributed by atoms with E-state index in [0.717, 1.165) is 11.3 Å². The zero-order valence-electron chi connectivity index (χ0n) is 12.0. The molecule has 1 atom stereocenters. The van der Waals surface area contributed by atoms with E-state index in [1.807, 2.05) is 37.3 Å². The minimum absolute atomic E-state index is 0.0116. The summed E-state index contributed by atoms with van der Waals surface area (Å²) < 4.78 is 2.90. The van der Waals surface area contributed by atoms with Crippen LogP contribution >= 0.6 is 24.4 Å². The minimum Gasteiger partial charge on any atom is -0.271 e. The third kappa shape index (κ3) is 2.53. The summed E-state index contributed by atoms with van der Waals surface area (Å²) >= 11 is 10.3. The number of benzene rings is 1. The van der Waals surface area contributed by atoms with Gasteiger partial charge in [-0.05, 0) is 5.56 Å².